The molecule has 0 radical (unpaired) electrons. The van der Waals surface area contributed by atoms with Gasteiger partial charge in [-0.3, -0.25) is 14.5 Å². The molecule has 1 N–H and O–H groups in total. The van der Waals surface area contributed by atoms with Gasteiger partial charge in [-0.25, -0.2) is 4.68 Å². The van der Waals surface area contributed by atoms with E-state index in [1.165, 1.54) is 11.0 Å². The number of para-hydroxylation sites is 2. The fraction of sp³-hybridized carbons (Fsp3) is 0.250. The molecule has 0 saturated heterocycles. The number of amides is 2. The van der Waals surface area contributed by atoms with Gasteiger partial charge in [0, 0.05) is 16.9 Å². The molecule has 1 aliphatic carbocycles. The van der Waals surface area contributed by atoms with E-state index in [-0.39, 0.29) is 11.8 Å². The van der Waals surface area contributed by atoms with E-state index in [0.717, 1.165) is 35.3 Å². The van der Waals surface area contributed by atoms with Crippen LogP contribution in [0.4, 0.5) is 11.4 Å². The lowest BCUT2D eigenvalue weighted by atomic mass is 9.91. The highest BCUT2D eigenvalue weighted by molar-refractivity contribution is 6.14. The monoisotopic (exact) mass is 480 g/mol. The molecular formula is C28H28N6O2. The average Bonchev–Trinajstić information content (AvgIpc) is 3.61. The quantitative estimate of drug-likeness (QED) is 0.425. The highest BCUT2D eigenvalue weighted by Crippen LogP contribution is 2.41. The van der Waals surface area contributed by atoms with Crippen LogP contribution in [0.3, 0.4) is 0 Å². The maximum absolute atomic E-state index is 14.1. The molecule has 1 aromatic heterocycles. The minimum absolute atomic E-state index is 0.153. The van der Waals surface area contributed by atoms with E-state index >= 15 is 0 Å². The van der Waals surface area contributed by atoms with Crippen molar-refractivity contribution in [1.29, 1.82) is 0 Å². The number of tetrazole rings is 1. The number of nitrogens with one attached hydrogen (secondary N) is 1. The number of rotatable bonds is 6. The van der Waals surface area contributed by atoms with Crippen LogP contribution >= 0.6 is 0 Å². The van der Waals surface area contributed by atoms with Crippen LogP contribution in [-0.4, -0.2) is 37.6 Å². The Kier molecular flexibility index (Phi) is 6.33. The van der Waals surface area contributed by atoms with Gasteiger partial charge < -0.3 is 5.32 Å². The number of hydrogen-bond donors (Lipinski definition) is 1. The van der Waals surface area contributed by atoms with Crippen molar-refractivity contribution in [2.75, 3.05) is 10.2 Å². The van der Waals surface area contributed by atoms with E-state index < -0.39 is 5.54 Å². The Balaban J connectivity index is 1.55. The lowest BCUT2D eigenvalue weighted by Gasteiger charge is -2.40. The van der Waals surface area contributed by atoms with Gasteiger partial charge in [-0.05, 0) is 84.6 Å². The molecule has 0 unspecified atom stereocenters. The molecule has 1 heterocycles. The summed E-state index contributed by atoms with van der Waals surface area (Å²) in [6.07, 6.45) is 4.42. The SMILES string of the molecule is Cc1cccc(C)c1NC(=O)C1(N(C(=O)c2ccc(-n3cnnn3)cc2)c2ccccc2)CCCC1. The fourth-order valence-electron chi connectivity index (χ4n) is 5.05. The van der Waals surface area contributed by atoms with Gasteiger partial charge in [0.05, 0.1) is 5.69 Å². The summed E-state index contributed by atoms with van der Waals surface area (Å²) >= 11 is 0. The molecular weight excluding hydrogens is 452 g/mol. The van der Waals surface area contributed by atoms with Crippen molar-refractivity contribution >= 4 is 23.2 Å². The normalized spacial score (nSPS) is 14.4. The summed E-state index contributed by atoms with van der Waals surface area (Å²) in [5, 5.41) is 14.4. The Labute approximate surface area is 209 Å². The Hall–Kier alpha value is -4.33. The third kappa shape index (κ3) is 4.26. The van der Waals surface area contributed by atoms with Gasteiger partial charge in [0.25, 0.3) is 11.8 Å². The molecule has 182 valence electrons. The Bertz CT molecular complexity index is 1340. The van der Waals surface area contributed by atoms with Crippen molar-refractivity contribution in [1.82, 2.24) is 20.2 Å². The molecule has 0 spiro atoms. The van der Waals surface area contributed by atoms with Gasteiger partial charge in [-0.2, -0.15) is 0 Å². The van der Waals surface area contributed by atoms with Gasteiger partial charge in [0.2, 0.25) is 0 Å². The minimum Gasteiger partial charge on any atom is -0.324 e. The zero-order chi connectivity index (χ0) is 25.1. The number of aryl methyl sites for hydroxylation is 2. The van der Waals surface area contributed by atoms with Crippen molar-refractivity contribution in [3.63, 3.8) is 0 Å². The molecule has 0 bridgehead atoms. The molecule has 3 aromatic carbocycles. The van der Waals surface area contributed by atoms with Gasteiger partial charge in [-0.15, -0.1) is 5.10 Å². The molecule has 4 aromatic rings. The van der Waals surface area contributed by atoms with Crippen molar-refractivity contribution in [2.45, 2.75) is 45.1 Å². The van der Waals surface area contributed by atoms with Crippen LogP contribution in [0.5, 0.6) is 0 Å². The highest BCUT2D eigenvalue weighted by Gasteiger charge is 2.49. The summed E-state index contributed by atoms with van der Waals surface area (Å²) in [4.78, 5) is 29.9. The number of aromatic nitrogens is 4. The van der Waals surface area contributed by atoms with E-state index in [2.05, 4.69) is 20.8 Å². The first-order chi connectivity index (χ1) is 17.5. The van der Waals surface area contributed by atoms with Crippen LogP contribution in [0.25, 0.3) is 5.69 Å². The number of anilines is 2. The molecule has 0 atom stereocenters. The minimum atomic E-state index is -0.998. The molecule has 8 heteroatoms. The van der Waals surface area contributed by atoms with Crippen LogP contribution in [-0.2, 0) is 4.79 Å². The van der Waals surface area contributed by atoms with E-state index in [1.807, 2.05) is 62.4 Å². The van der Waals surface area contributed by atoms with Crippen LogP contribution in [0.1, 0.15) is 47.2 Å². The van der Waals surface area contributed by atoms with Crippen LogP contribution in [0, 0.1) is 13.8 Å². The lowest BCUT2D eigenvalue weighted by molar-refractivity contribution is -0.121. The van der Waals surface area contributed by atoms with Crippen molar-refractivity contribution in [3.05, 3.63) is 95.8 Å². The zero-order valence-corrected chi connectivity index (χ0v) is 20.4. The topological polar surface area (TPSA) is 93.0 Å². The van der Waals surface area contributed by atoms with Crippen molar-refractivity contribution < 1.29 is 9.59 Å². The summed E-state index contributed by atoms with van der Waals surface area (Å²) in [5.41, 5.74) is 3.72. The first-order valence-electron chi connectivity index (χ1n) is 12.1. The van der Waals surface area contributed by atoms with Gasteiger partial charge >= 0.3 is 0 Å². The molecule has 1 fully saturated rings. The smallest absolute Gasteiger partial charge is 0.259 e. The summed E-state index contributed by atoms with van der Waals surface area (Å²) in [7, 11) is 0. The summed E-state index contributed by atoms with van der Waals surface area (Å²) in [5.74, 6) is -0.372. The molecule has 36 heavy (non-hydrogen) atoms. The second kappa shape index (κ2) is 9.73. The number of carbonyl (C=O) groups is 2. The molecule has 8 nitrogen and oxygen atoms in total. The Morgan fingerprint density at radius 3 is 2.17 bits per heavy atom. The maximum atomic E-state index is 14.1. The standard InChI is InChI=1S/C28H28N6O2/c1-20-9-8-10-21(2)25(20)30-27(36)28(17-6-7-18-28)34(24-11-4-3-5-12-24)26(35)22-13-15-23(16-14-22)33-19-29-31-32-33/h3-5,8-16,19H,6-7,17-18H2,1-2H3,(H,30,36). The largest absolute Gasteiger partial charge is 0.324 e. The molecule has 1 aliphatic rings. The number of carbonyl (C=O) groups excluding carboxylic acids is 2. The van der Waals surface area contributed by atoms with Crippen molar-refractivity contribution in [2.24, 2.45) is 0 Å². The third-order valence-electron chi connectivity index (χ3n) is 6.95. The zero-order valence-electron chi connectivity index (χ0n) is 20.4. The second-order valence-electron chi connectivity index (χ2n) is 9.24. The first kappa shape index (κ1) is 23.4. The maximum Gasteiger partial charge on any atom is 0.259 e. The molecule has 0 aliphatic heterocycles. The fourth-order valence-corrected chi connectivity index (χ4v) is 5.05. The predicted molar refractivity (Wildman–Crippen MR) is 138 cm³/mol. The number of hydrogen-bond acceptors (Lipinski definition) is 5. The van der Waals surface area contributed by atoms with E-state index in [0.29, 0.717) is 24.1 Å². The van der Waals surface area contributed by atoms with E-state index in [4.69, 9.17) is 0 Å². The van der Waals surface area contributed by atoms with Crippen LogP contribution in [0.2, 0.25) is 0 Å². The van der Waals surface area contributed by atoms with Gasteiger partial charge in [0.15, 0.2) is 0 Å². The van der Waals surface area contributed by atoms with Gasteiger partial charge in [-0.1, -0.05) is 49.2 Å². The predicted octanol–water partition coefficient (Wildman–Crippen LogP) is 4.88. The van der Waals surface area contributed by atoms with E-state index in [1.54, 1.807) is 29.2 Å². The van der Waals surface area contributed by atoms with Crippen molar-refractivity contribution in [3.8, 4) is 5.69 Å². The Morgan fingerprint density at radius 2 is 1.56 bits per heavy atom. The molecule has 2 amide bonds. The van der Waals surface area contributed by atoms with Crippen LogP contribution in [0.15, 0.2) is 79.1 Å². The lowest BCUT2D eigenvalue weighted by Crippen LogP contribution is -2.58. The second-order valence-corrected chi connectivity index (χ2v) is 9.24. The Morgan fingerprint density at radius 1 is 0.889 bits per heavy atom. The summed E-state index contributed by atoms with van der Waals surface area (Å²) in [6.45, 7) is 3.96. The number of benzene rings is 3. The van der Waals surface area contributed by atoms with Gasteiger partial charge in [0.1, 0.15) is 11.9 Å². The first-order valence-corrected chi connectivity index (χ1v) is 12.1. The summed E-state index contributed by atoms with van der Waals surface area (Å²) < 4.78 is 1.53. The summed E-state index contributed by atoms with van der Waals surface area (Å²) in [6, 6.07) is 22.5. The third-order valence-corrected chi connectivity index (χ3v) is 6.95. The van der Waals surface area contributed by atoms with Crippen LogP contribution < -0.4 is 10.2 Å². The highest BCUT2D eigenvalue weighted by atomic mass is 16.2. The average molecular weight is 481 g/mol. The molecule has 1 saturated carbocycles. The van der Waals surface area contributed by atoms with E-state index in [9.17, 15) is 9.59 Å². The molecule has 5 rings (SSSR count). The number of nitrogens with zero attached hydrogens (tertiary/aromatic N) is 5.